The molecule has 8 heteroatoms. The molecule has 0 radical (unpaired) electrons. The van der Waals surface area contributed by atoms with E-state index in [1.807, 2.05) is 85.5 Å². The van der Waals surface area contributed by atoms with Gasteiger partial charge in [0, 0.05) is 23.6 Å². The number of anilines is 1. The zero-order chi connectivity index (χ0) is 22.0. The van der Waals surface area contributed by atoms with Crippen molar-refractivity contribution in [3.8, 4) is 17.1 Å². The van der Waals surface area contributed by atoms with Gasteiger partial charge in [0.15, 0.2) is 5.82 Å². The third kappa shape index (κ3) is 4.15. The molecular formula is C23H23N5O2S. The molecule has 1 amide bonds. The van der Waals surface area contributed by atoms with Crippen LogP contribution in [0.3, 0.4) is 0 Å². The monoisotopic (exact) mass is 433 g/mol. The fraction of sp³-hybridized carbons (Fsp3) is 0.174. The molecule has 0 aliphatic carbocycles. The number of aryl methyl sites for hydroxylation is 2. The largest absolute Gasteiger partial charge is 0.497 e. The van der Waals surface area contributed by atoms with Crippen molar-refractivity contribution in [1.82, 2.24) is 19.1 Å². The summed E-state index contributed by atoms with van der Waals surface area (Å²) in [6.07, 6.45) is 3.75. The molecule has 2 heterocycles. The molecule has 158 valence electrons. The first-order valence-electron chi connectivity index (χ1n) is 9.82. The zero-order valence-corrected chi connectivity index (χ0v) is 18.4. The predicted octanol–water partition coefficient (Wildman–Crippen LogP) is 4.46. The van der Waals surface area contributed by atoms with Gasteiger partial charge in [-0.3, -0.25) is 9.47 Å². The minimum absolute atomic E-state index is 0.00214. The van der Waals surface area contributed by atoms with E-state index < -0.39 is 0 Å². The van der Waals surface area contributed by atoms with Gasteiger partial charge >= 0.3 is 0 Å². The Morgan fingerprint density at radius 1 is 1.06 bits per heavy atom. The van der Waals surface area contributed by atoms with Crippen LogP contribution in [0.2, 0.25) is 0 Å². The molecule has 0 aliphatic heterocycles. The molecule has 4 aromatic rings. The zero-order valence-electron chi connectivity index (χ0n) is 17.6. The second kappa shape index (κ2) is 8.61. The Morgan fingerprint density at radius 2 is 1.74 bits per heavy atom. The average Bonchev–Trinajstić information content (AvgIpc) is 3.39. The second-order valence-corrected chi connectivity index (χ2v) is 7.55. The van der Waals surface area contributed by atoms with Crippen molar-refractivity contribution < 1.29 is 9.53 Å². The molecule has 31 heavy (non-hydrogen) atoms. The fourth-order valence-electron chi connectivity index (χ4n) is 3.44. The summed E-state index contributed by atoms with van der Waals surface area (Å²) in [6.45, 7) is 3.93. The van der Waals surface area contributed by atoms with Crippen molar-refractivity contribution in [3.05, 3.63) is 82.9 Å². The van der Waals surface area contributed by atoms with Crippen LogP contribution in [0, 0.1) is 18.6 Å². The van der Waals surface area contributed by atoms with Gasteiger partial charge < -0.3 is 10.1 Å². The van der Waals surface area contributed by atoms with Crippen LogP contribution < -0.4 is 10.1 Å². The molecule has 0 aliphatic rings. The summed E-state index contributed by atoms with van der Waals surface area (Å²) < 4.78 is 10.9. The summed E-state index contributed by atoms with van der Waals surface area (Å²) in [7, 11) is 1.62. The van der Waals surface area contributed by atoms with Crippen molar-refractivity contribution in [2.45, 2.75) is 20.4 Å². The number of methoxy groups -OCH3 is 1. The summed E-state index contributed by atoms with van der Waals surface area (Å²) in [5.74, 6) is 1.13. The Balaban J connectivity index is 1.72. The van der Waals surface area contributed by atoms with Crippen LogP contribution in [0.25, 0.3) is 11.4 Å². The quantitative estimate of drug-likeness (QED) is 0.456. The molecule has 0 bridgehead atoms. The van der Waals surface area contributed by atoms with Crippen molar-refractivity contribution in [2.75, 3.05) is 12.4 Å². The van der Waals surface area contributed by atoms with E-state index in [0.717, 1.165) is 22.4 Å². The lowest BCUT2D eigenvalue weighted by molar-refractivity contribution is -0.116. The van der Waals surface area contributed by atoms with E-state index in [2.05, 4.69) is 10.4 Å². The SMILES string of the molecule is COc1cccc(-c2nn(CC(=O)Nc3c(C)cccc3C)c(=S)n2-n2cccc2)c1. The first kappa shape index (κ1) is 20.6. The number of para-hydroxylation sites is 1. The van der Waals surface area contributed by atoms with E-state index in [-0.39, 0.29) is 12.5 Å². The van der Waals surface area contributed by atoms with Crippen LogP contribution in [-0.4, -0.2) is 32.1 Å². The number of benzene rings is 2. The van der Waals surface area contributed by atoms with Gasteiger partial charge in [-0.15, -0.1) is 5.10 Å². The van der Waals surface area contributed by atoms with E-state index in [4.69, 9.17) is 17.0 Å². The van der Waals surface area contributed by atoms with E-state index in [1.165, 1.54) is 4.68 Å². The molecule has 2 aromatic carbocycles. The highest BCUT2D eigenvalue weighted by molar-refractivity contribution is 7.71. The molecule has 2 aromatic heterocycles. The number of nitrogens with one attached hydrogen (secondary N) is 1. The first-order chi connectivity index (χ1) is 15.0. The number of carbonyl (C=O) groups is 1. The fourth-order valence-corrected chi connectivity index (χ4v) is 3.72. The molecule has 0 fully saturated rings. The molecule has 1 N–H and O–H groups in total. The number of nitrogens with zero attached hydrogens (tertiary/aromatic N) is 4. The smallest absolute Gasteiger partial charge is 0.246 e. The number of amides is 1. The van der Waals surface area contributed by atoms with Gasteiger partial charge in [0.05, 0.1) is 7.11 Å². The Hall–Kier alpha value is -3.65. The minimum atomic E-state index is -0.192. The molecule has 4 rings (SSSR count). The number of rotatable bonds is 6. The standard InChI is InChI=1S/C23H23N5O2S/c1-16-8-6-9-17(2)21(16)24-20(29)15-27-23(31)28(26-12-4-5-13-26)22(25-27)18-10-7-11-19(14-18)30-3/h4-14H,15H2,1-3H3,(H,24,29). The molecule has 0 saturated carbocycles. The first-order valence-corrected chi connectivity index (χ1v) is 10.2. The lowest BCUT2D eigenvalue weighted by Crippen LogP contribution is -2.21. The van der Waals surface area contributed by atoms with Crippen LogP contribution in [0.1, 0.15) is 11.1 Å². The number of ether oxygens (including phenoxy) is 1. The molecule has 0 saturated heterocycles. The highest BCUT2D eigenvalue weighted by Crippen LogP contribution is 2.24. The second-order valence-electron chi connectivity index (χ2n) is 7.19. The number of carbonyl (C=O) groups excluding carboxylic acids is 1. The number of hydrogen-bond donors (Lipinski definition) is 1. The number of hydrogen-bond acceptors (Lipinski definition) is 4. The van der Waals surface area contributed by atoms with Gasteiger partial charge in [-0.1, -0.05) is 30.3 Å². The highest BCUT2D eigenvalue weighted by atomic mass is 32.1. The van der Waals surface area contributed by atoms with Gasteiger partial charge in [-0.2, -0.15) is 0 Å². The van der Waals surface area contributed by atoms with Gasteiger partial charge in [-0.25, -0.2) is 9.36 Å². The highest BCUT2D eigenvalue weighted by Gasteiger charge is 2.17. The lowest BCUT2D eigenvalue weighted by Gasteiger charge is -2.11. The Morgan fingerprint density at radius 3 is 2.42 bits per heavy atom. The van der Waals surface area contributed by atoms with Crippen molar-refractivity contribution in [1.29, 1.82) is 0 Å². The van der Waals surface area contributed by atoms with Crippen LogP contribution in [0.5, 0.6) is 5.75 Å². The summed E-state index contributed by atoms with van der Waals surface area (Å²) >= 11 is 5.69. The third-order valence-electron chi connectivity index (χ3n) is 5.00. The van der Waals surface area contributed by atoms with Gasteiger partial charge in [-0.05, 0) is 61.5 Å². The minimum Gasteiger partial charge on any atom is -0.497 e. The van der Waals surface area contributed by atoms with Crippen LogP contribution >= 0.6 is 12.2 Å². The Labute approximate surface area is 185 Å². The summed E-state index contributed by atoms with van der Waals surface area (Å²) in [4.78, 5) is 12.8. The Kier molecular flexibility index (Phi) is 5.73. The maximum Gasteiger partial charge on any atom is 0.246 e. The number of aromatic nitrogens is 4. The van der Waals surface area contributed by atoms with Crippen LogP contribution in [-0.2, 0) is 11.3 Å². The maximum absolute atomic E-state index is 12.8. The van der Waals surface area contributed by atoms with Crippen LogP contribution in [0.4, 0.5) is 5.69 Å². The topological polar surface area (TPSA) is 66.0 Å². The third-order valence-corrected chi connectivity index (χ3v) is 5.39. The molecule has 0 unspecified atom stereocenters. The van der Waals surface area contributed by atoms with Gasteiger partial charge in [0.2, 0.25) is 10.7 Å². The van der Waals surface area contributed by atoms with Crippen molar-refractivity contribution in [2.24, 2.45) is 0 Å². The molecule has 0 spiro atoms. The maximum atomic E-state index is 12.8. The predicted molar refractivity (Wildman–Crippen MR) is 123 cm³/mol. The Bertz CT molecular complexity index is 1270. The van der Waals surface area contributed by atoms with Crippen molar-refractivity contribution in [3.63, 3.8) is 0 Å². The van der Waals surface area contributed by atoms with Gasteiger partial charge in [0.25, 0.3) is 0 Å². The van der Waals surface area contributed by atoms with Crippen molar-refractivity contribution >= 4 is 23.8 Å². The van der Waals surface area contributed by atoms with Gasteiger partial charge in [0.1, 0.15) is 12.3 Å². The average molecular weight is 434 g/mol. The molecular weight excluding hydrogens is 410 g/mol. The van der Waals surface area contributed by atoms with Crippen LogP contribution in [0.15, 0.2) is 67.0 Å². The summed E-state index contributed by atoms with van der Waals surface area (Å²) in [5, 5.41) is 7.67. The molecule has 7 nitrogen and oxygen atoms in total. The lowest BCUT2D eigenvalue weighted by atomic mass is 10.1. The van der Waals surface area contributed by atoms with E-state index >= 15 is 0 Å². The van der Waals surface area contributed by atoms with E-state index in [9.17, 15) is 4.79 Å². The summed E-state index contributed by atoms with van der Waals surface area (Å²) in [6, 6.07) is 17.3. The van der Waals surface area contributed by atoms with E-state index in [0.29, 0.717) is 16.3 Å². The molecule has 0 atom stereocenters. The normalized spacial score (nSPS) is 10.8. The van der Waals surface area contributed by atoms with E-state index in [1.54, 1.807) is 11.8 Å². The summed E-state index contributed by atoms with van der Waals surface area (Å²) in [5.41, 5.74) is 3.66.